The van der Waals surface area contributed by atoms with E-state index in [2.05, 4.69) is 10.3 Å². The van der Waals surface area contributed by atoms with Gasteiger partial charge < -0.3 is 5.32 Å². The Morgan fingerprint density at radius 3 is 2.59 bits per heavy atom. The first-order valence-corrected chi connectivity index (χ1v) is 6.24. The molecule has 116 valence electrons. The molecule has 0 saturated carbocycles. The van der Waals surface area contributed by atoms with Gasteiger partial charge in [0.15, 0.2) is 0 Å². The number of benzene rings is 1. The predicted octanol–water partition coefficient (Wildman–Crippen LogP) is 2.76. The van der Waals surface area contributed by atoms with E-state index >= 15 is 0 Å². The number of hydrazine groups is 1. The van der Waals surface area contributed by atoms with Crippen molar-refractivity contribution in [3.63, 3.8) is 0 Å². The van der Waals surface area contributed by atoms with Crippen molar-refractivity contribution in [2.24, 2.45) is 5.84 Å². The number of carbonyl (C=O) groups excluding carboxylic acids is 1. The third-order valence-electron chi connectivity index (χ3n) is 3.08. The van der Waals surface area contributed by atoms with E-state index in [1.54, 1.807) is 0 Å². The molecule has 0 aliphatic rings. The van der Waals surface area contributed by atoms with E-state index in [1.807, 2.05) is 5.43 Å². The average Bonchev–Trinajstić information content (AvgIpc) is 2.48. The Morgan fingerprint density at radius 2 is 1.95 bits per heavy atom. The number of hydrogen-bond acceptors (Lipinski definition) is 4. The molecule has 1 amide bonds. The van der Waals surface area contributed by atoms with Crippen LogP contribution in [-0.2, 0) is 6.18 Å². The van der Waals surface area contributed by atoms with Crippen molar-refractivity contribution < 1.29 is 18.0 Å². The molecule has 1 heterocycles. The molecule has 0 radical (unpaired) electrons. The number of carbonyl (C=O) groups is 1. The lowest BCUT2D eigenvalue weighted by atomic mass is 10.1. The van der Waals surface area contributed by atoms with Gasteiger partial charge in [-0.1, -0.05) is 6.07 Å². The Kier molecular flexibility index (Phi) is 4.32. The number of alkyl halides is 3. The van der Waals surface area contributed by atoms with Crippen LogP contribution in [-0.4, -0.2) is 10.9 Å². The van der Waals surface area contributed by atoms with Crippen LogP contribution in [0.3, 0.4) is 0 Å². The summed E-state index contributed by atoms with van der Waals surface area (Å²) >= 11 is 0. The maximum atomic E-state index is 12.9. The molecule has 0 aliphatic heterocycles. The topological polar surface area (TPSA) is 80.0 Å². The lowest BCUT2D eigenvalue weighted by molar-refractivity contribution is -0.138. The molecule has 0 spiro atoms. The SMILES string of the molecule is Cc1c(Nc2ncccc2C(=O)NN)cccc1C(F)(F)F. The van der Waals surface area contributed by atoms with Crippen molar-refractivity contribution in [2.75, 3.05) is 5.32 Å². The Balaban J connectivity index is 2.43. The summed E-state index contributed by atoms with van der Waals surface area (Å²) in [4.78, 5) is 15.6. The molecule has 4 N–H and O–H groups in total. The molecular formula is C14H13F3N4O. The molecular weight excluding hydrogens is 297 g/mol. The number of halogens is 3. The molecule has 0 aliphatic carbocycles. The van der Waals surface area contributed by atoms with Crippen molar-refractivity contribution in [3.05, 3.63) is 53.2 Å². The Hall–Kier alpha value is -2.61. The van der Waals surface area contributed by atoms with Crippen LogP contribution >= 0.6 is 0 Å². The fourth-order valence-electron chi connectivity index (χ4n) is 1.97. The normalized spacial score (nSPS) is 11.1. The fourth-order valence-corrected chi connectivity index (χ4v) is 1.97. The highest BCUT2D eigenvalue weighted by atomic mass is 19.4. The van der Waals surface area contributed by atoms with E-state index in [9.17, 15) is 18.0 Å². The minimum Gasteiger partial charge on any atom is -0.339 e. The van der Waals surface area contributed by atoms with Crippen molar-refractivity contribution in [2.45, 2.75) is 13.1 Å². The zero-order valence-corrected chi connectivity index (χ0v) is 11.5. The Bertz CT molecular complexity index is 701. The Morgan fingerprint density at radius 1 is 1.23 bits per heavy atom. The van der Waals surface area contributed by atoms with Crippen LogP contribution < -0.4 is 16.6 Å². The predicted molar refractivity (Wildman–Crippen MR) is 75.4 cm³/mol. The van der Waals surface area contributed by atoms with E-state index in [-0.39, 0.29) is 22.6 Å². The summed E-state index contributed by atoms with van der Waals surface area (Å²) in [5.41, 5.74) is 1.56. The highest BCUT2D eigenvalue weighted by molar-refractivity contribution is 5.99. The average molecular weight is 310 g/mol. The molecule has 0 unspecified atom stereocenters. The highest BCUT2D eigenvalue weighted by Gasteiger charge is 2.33. The number of aromatic nitrogens is 1. The van der Waals surface area contributed by atoms with Gasteiger partial charge in [-0.05, 0) is 36.8 Å². The van der Waals surface area contributed by atoms with Crippen molar-refractivity contribution >= 4 is 17.4 Å². The second-order valence-electron chi connectivity index (χ2n) is 4.47. The summed E-state index contributed by atoms with van der Waals surface area (Å²) in [5, 5.41) is 2.74. The molecule has 0 atom stereocenters. The van der Waals surface area contributed by atoms with Gasteiger partial charge >= 0.3 is 6.18 Å². The second-order valence-corrected chi connectivity index (χ2v) is 4.47. The minimum absolute atomic E-state index is 0.0137. The number of rotatable bonds is 3. The van der Waals surface area contributed by atoms with Crippen LogP contribution in [0.1, 0.15) is 21.5 Å². The quantitative estimate of drug-likeness (QED) is 0.463. The van der Waals surface area contributed by atoms with E-state index in [1.165, 1.54) is 37.4 Å². The third-order valence-corrected chi connectivity index (χ3v) is 3.08. The number of amides is 1. The summed E-state index contributed by atoms with van der Waals surface area (Å²) < 4.78 is 38.7. The second kappa shape index (κ2) is 6.02. The molecule has 1 aromatic heterocycles. The van der Waals surface area contributed by atoms with Gasteiger partial charge in [-0.15, -0.1) is 0 Å². The van der Waals surface area contributed by atoms with Crippen LogP contribution in [0.5, 0.6) is 0 Å². The first-order valence-electron chi connectivity index (χ1n) is 6.24. The van der Waals surface area contributed by atoms with Gasteiger partial charge in [0, 0.05) is 11.9 Å². The van der Waals surface area contributed by atoms with Crippen molar-refractivity contribution in [3.8, 4) is 0 Å². The van der Waals surface area contributed by atoms with Crippen LogP contribution in [0, 0.1) is 6.92 Å². The van der Waals surface area contributed by atoms with E-state index in [0.29, 0.717) is 0 Å². The summed E-state index contributed by atoms with van der Waals surface area (Å²) in [7, 11) is 0. The molecule has 8 heteroatoms. The summed E-state index contributed by atoms with van der Waals surface area (Å²) in [6.45, 7) is 1.34. The monoisotopic (exact) mass is 310 g/mol. The van der Waals surface area contributed by atoms with Gasteiger partial charge in [-0.25, -0.2) is 10.8 Å². The smallest absolute Gasteiger partial charge is 0.339 e. The number of hydrogen-bond donors (Lipinski definition) is 3. The summed E-state index contributed by atoms with van der Waals surface area (Å²) in [5.74, 6) is 4.59. The minimum atomic E-state index is -4.46. The molecule has 22 heavy (non-hydrogen) atoms. The lowest BCUT2D eigenvalue weighted by Gasteiger charge is -2.16. The zero-order valence-electron chi connectivity index (χ0n) is 11.5. The number of nitrogens with two attached hydrogens (primary N) is 1. The molecule has 0 bridgehead atoms. The van der Waals surface area contributed by atoms with E-state index in [0.717, 1.165) is 6.07 Å². The van der Waals surface area contributed by atoms with E-state index in [4.69, 9.17) is 5.84 Å². The number of anilines is 2. The van der Waals surface area contributed by atoms with Gasteiger partial charge in [0.05, 0.1) is 11.1 Å². The number of nitrogens with one attached hydrogen (secondary N) is 2. The molecule has 2 aromatic rings. The van der Waals surface area contributed by atoms with Crippen molar-refractivity contribution in [1.29, 1.82) is 0 Å². The number of nitrogen functional groups attached to an aromatic ring is 1. The molecule has 1 aromatic carbocycles. The maximum Gasteiger partial charge on any atom is 0.416 e. The van der Waals surface area contributed by atoms with Crippen LogP contribution in [0.15, 0.2) is 36.5 Å². The molecule has 5 nitrogen and oxygen atoms in total. The largest absolute Gasteiger partial charge is 0.416 e. The van der Waals surface area contributed by atoms with Gasteiger partial charge in [-0.2, -0.15) is 13.2 Å². The van der Waals surface area contributed by atoms with Gasteiger partial charge in [0.2, 0.25) is 0 Å². The van der Waals surface area contributed by atoms with Crippen molar-refractivity contribution in [1.82, 2.24) is 10.4 Å². The first-order chi connectivity index (χ1) is 10.3. The van der Waals surface area contributed by atoms with Crippen LogP contribution in [0.2, 0.25) is 0 Å². The van der Waals surface area contributed by atoms with E-state index < -0.39 is 17.6 Å². The van der Waals surface area contributed by atoms with Crippen LogP contribution in [0.25, 0.3) is 0 Å². The van der Waals surface area contributed by atoms with Gasteiger partial charge in [0.25, 0.3) is 5.91 Å². The standard InChI is InChI=1S/C14H13F3N4O/c1-8-10(14(15,16)17)5-2-6-11(8)20-12-9(13(22)21-18)4-3-7-19-12/h2-7H,18H2,1H3,(H,19,20)(H,21,22). The Labute approximate surface area is 124 Å². The number of nitrogens with zero attached hydrogens (tertiary/aromatic N) is 1. The summed E-state index contributed by atoms with van der Waals surface area (Å²) in [6, 6.07) is 6.73. The fraction of sp³-hybridized carbons (Fsp3) is 0.143. The maximum absolute atomic E-state index is 12.9. The zero-order chi connectivity index (χ0) is 16.3. The first kappa shape index (κ1) is 15.8. The third kappa shape index (κ3) is 3.17. The molecule has 2 rings (SSSR count). The van der Waals surface area contributed by atoms with Gasteiger partial charge in [0.1, 0.15) is 5.82 Å². The van der Waals surface area contributed by atoms with Crippen LogP contribution in [0.4, 0.5) is 24.7 Å². The van der Waals surface area contributed by atoms with Gasteiger partial charge in [-0.3, -0.25) is 10.2 Å². The number of pyridine rings is 1. The highest BCUT2D eigenvalue weighted by Crippen LogP contribution is 2.35. The molecule has 0 saturated heterocycles. The molecule has 0 fully saturated rings. The summed E-state index contributed by atoms with van der Waals surface area (Å²) in [6.07, 6.45) is -3.04. The lowest BCUT2D eigenvalue weighted by Crippen LogP contribution is -2.30.